The Morgan fingerprint density at radius 1 is 1.31 bits per heavy atom. The molecule has 1 amide bonds. The van der Waals surface area contributed by atoms with Gasteiger partial charge >= 0.3 is 0 Å². The molecule has 0 bridgehead atoms. The van der Waals surface area contributed by atoms with Gasteiger partial charge in [0.1, 0.15) is 9.77 Å². The Morgan fingerprint density at radius 2 is 2.03 bits per heavy atom. The summed E-state index contributed by atoms with van der Waals surface area (Å²) in [6.45, 7) is 2.08. The van der Waals surface area contributed by atoms with Crippen molar-refractivity contribution >= 4 is 45.2 Å². The number of thiophene rings is 1. The summed E-state index contributed by atoms with van der Waals surface area (Å²) in [5.41, 5.74) is 1.46. The van der Waals surface area contributed by atoms with Gasteiger partial charge in [0.15, 0.2) is 10.6 Å². The lowest BCUT2D eigenvalue weighted by Gasteiger charge is -2.10. The number of aromatic amines is 1. The lowest BCUT2D eigenvalue weighted by molar-refractivity contribution is 0.0950. The van der Waals surface area contributed by atoms with E-state index in [0.29, 0.717) is 22.3 Å². The van der Waals surface area contributed by atoms with Crippen LogP contribution in [0, 0.1) is 11.7 Å². The van der Waals surface area contributed by atoms with Crippen molar-refractivity contribution in [1.82, 2.24) is 20.1 Å². The largest absolute Gasteiger partial charge is 0.344 e. The van der Waals surface area contributed by atoms with Crippen LogP contribution in [0.25, 0.3) is 0 Å². The van der Waals surface area contributed by atoms with E-state index in [1.54, 1.807) is 17.5 Å². The zero-order valence-corrected chi connectivity index (χ0v) is 18.0. The van der Waals surface area contributed by atoms with Crippen LogP contribution in [-0.4, -0.2) is 29.1 Å². The van der Waals surface area contributed by atoms with Gasteiger partial charge in [0.05, 0.1) is 6.54 Å². The summed E-state index contributed by atoms with van der Waals surface area (Å²) in [4.78, 5) is 12.7. The first-order chi connectivity index (χ1) is 13.8. The molecule has 2 heterocycles. The third-order valence-corrected chi connectivity index (χ3v) is 7.28. The number of sulfonamides is 1. The number of H-pyrrole nitrogens is 1. The van der Waals surface area contributed by atoms with E-state index in [1.165, 1.54) is 6.07 Å². The SMILES string of the molecule is Cc1ccc(NS(=O)(=O)c2ccsc2C(=O)NCc2n[nH]c(=S)n2C2CC2)cc1. The fraction of sp³-hybridized carbons (Fsp3) is 0.278. The number of hydrogen-bond acceptors (Lipinski definition) is 6. The monoisotopic (exact) mass is 449 g/mol. The smallest absolute Gasteiger partial charge is 0.263 e. The quantitative estimate of drug-likeness (QED) is 0.479. The molecule has 0 saturated heterocycles. The lowest BCUT2D eigenvalue weighted by atomic mass is 10.2. The molecular weight excluding hydrogens is 430 g/mol. The molecule has 4 rings (SSSR count). The summed E-state index contributed by atoms with van der Waals surface area (Å²) in [5, 5.41) is 11.2. The van der Waals surface area contributed by atoms with E-state index in [1.807, 2.05) is 23.6 Å². The summed E-state index contributed by atoms with van der Waals surface area (Å²) >= 11 is 6.31. The van der Waals surface area contributed by atoms with Gasteiger partial charge in [-0.15, -0.1) is 11.3 Å². The molecule has 1 fully saturated rings. The highest BCUT2D eigenvalue weighted by Crippen LogP contribution is 2.35. The predicted octanol–water partition coefficient (Wildman–Crippen LogP) is 3.38. The van der Waals surface area contributed by atoms with Crippen molar-refractivity contribution in [2.45, 2.75) is 37.2 Å². The zero-order valence-electron chi connectivity index (χ0n) is 15.5. The maximum absolute atomic E-state index is 12.8. The van der Waals surface area contributed by atoms with E-state index in [-0.39, 0.29) is 16.3 Å². The fourth-order valence-corrected chi connectivity index (χ4v) is 5.62. The van der Waals surface area contributed by atoms with Gasteiger partial charge in [-0.3, -0.25) is 19.2 Å². The molecule has 152 valence electrons. The Kier molecular flexibility index (Phi) is 5.28. The molecule has 2 aromatic heterocycles. The molecule has 8 nitrogen and oxygen atoms in total. The molecular formula is C18H19N5O3S3. The van der Waals surface area contributed by atoms with Crippen LogP contribution in [0.2, 0.25) is 0 Å². The molecule has 29 heavy (non-hydrogen) atoms. The third-order valence-electron chi connectivity index (χ3n) is 4.53. The molecule has 1 aliphatic rings. The van der Waals surface area contributed by atoms with Crippen molar-refractivity contribution in [3.8, 4) is 0 Å². The van der Waals surface area contributed by atoms with Crippen molar-refractivity contribution in [1.29, 1.82) is 0 Å². The highest BCUT2D eigenvalue weighted by molar-refractivity contribution is 7.93. The molecule has 3 N–H and O–H groups in total. The van der Waals surface area contributed by atoms with Gasteiger partial charge in [-0.2, -0.15) is 5.10 Å². The number of hydrogen-bond donors (Lipinski definition) is 3. The molecule has 1 aliphatic carbocycles. The van der Waals surface area contributed by atoms with Crippen LogP contribution in [0.1, 0.15) is 39.9 Å². The second-order valence-electron chi connectivity index (χ2n) is 6.81. The second-order valence-corrected chi connectivity index (χ2v) is 9.77. The molecule has 0 radical (unpaired) electrons. The Morgan fingerprint density at radius 3 is 2.72 bits per heavy atom. The van der Waals surface area contributed by atoms with Crippen molar-refractivity contribution < 1.29 is 13.2 Å². The molecule has 11 heteroatoms. The van der Waals surface area contributed by atoms with Gasteiger partial charge in [-0.25, -0.2) is 8.42 Å². The van der Waals surface area contributed by atoms with Crippen LogP contribution in [0.15, 0.2) is 40.6 Å². The molecule has 0 spiro atoms. The van der Waals surface area contributed by atoms with Gasteiger partial charge in [0.2, 0.25) is 0 Å². The fourth-order valence-electron chi connectivity index (χ4n) is 2.92. The highest BCUT2D eigenvalue weighted by atomic mass is 32.2. The first kappa shape index (κ1) is 19.8. The summed E-state index contributed by atoms with van der Waals surface area (Å²) < 4.78 is 30.5. The minimum Gasteiger partial charge on any atom is -0.344 e. The van der Waals surface area contributed by atoms with Gasteiger partial charge < -0.3 is 5.32 Å². The lowest BCUT2D eigenvalue weighted by Crippen LogP contribution is -2.26. The molecule has 3 aromatic rings. The number of aromatic nitrogens is 3. The molecule has 0 atom stereocenters. The normalized spacial score (nSPS) is 14.0. The van der Waals surface area contributed by atoms with Crippen LogP contribution in [0.5, 0.6) is 0 Å². The average Bonchev–Trinajstić information content (AvgIpc) is 3.24. The summed E-state index contributed by atoms with van der Waals surface area (Å²) in [5.74, 6) is 0.158. The number of anilines is 1. The molecule has 0 aliphatic heterocycles. The molecule has 0 unspecified atom stereocenters. The van der Waals surface area contributed by atoms with E-state index in [9.17, 15) is 13.2 Å². The van der Waals surface area contributed by atoms with Crippen LogP contribution < -0.4 is 10.0 Å². The number of carbonyl (C=O) groups is 1. The number of rotatable bonds is 7. The standard InChI is InChI=1S/C18H19N5O3S3/c1-11-2-4-12(5-3-11)22-29(25,26)14-8-9-28-16(14)17(24)19-10-15-20-21-18(27)23(15)13-6-7-13/h2-5,8-9,13,22H,6-7,10H2,1H3,(H,19,24)(H,21,27). The summed E-state index contributed by atoms with van der Waals surface area (Å²) in [7, 11) is -3.89. The topological polar surface area (TPSA) is 109 Å². The number of carbonyl (C=O) groups excluding carboxylic acids is 1. The number of nitrogens with one attached hydrogen (secondary N) is 3. The van der Waals surface area contributed by atoms with Crippen molar-refractivity contribution in [3.05, 3.63) is 56.7 Å². The van der Waals surface area contributed by atoms with E-state index in [2.05, 4.69) is 20.2 Å². The van der Waals surface area contributed by atoms with Gasteiger partial charge in [-0.05, 0) is 55.6 Å². The average molecular weight is 450 g/mol. The summed E-state index contributed by atoms with van der Waals surface area (Å²) in [6.07, 6.45) is 2.07. The molecule has 1 aromatic carbocycles. The van der Waals surface area contributed by atoms with Crippen LogP contribution in [0.3, 0.4) is 0 Å². The van der Waals surface area contributed by atoms with Crippen LogP contribution >= 0.6 is 23.6 Å². The van der Waals surface area contributed by atoms with Crippen molar-refractivity contribution in [3.63, 3.8) is 0 Å². The first-order valence-corrected chi connectivity index (χ1v) is 11.7. The van der Waals surface area contributed by atoms with E-state index >= 15 is 0 Å². The van der Waals surface area contributed by atoms with Crippen LogP contribution in [0.4, 0.5) is 5.69 Å². The van der Waals surface area contributed by atoms with Crippen LogP contribution in [-0.2, 0) is 16.6 Å². The van der Waals surface area contributed by atoms with Gasteiger partial charge in [0, 0.05) is 11.7 Å². The zero-order chi connectivity index (χ0) is 20.6. The van der Waals surface area contributed by atoms with E-state index in [4.69, 9.17) is 12.2 Å². The third kappa shape index (κ3) is 4.26. The number of nitrogens with zero attached hydrogens (tertiary/aromatic N) is 2. The Bertz CT molecular complexity index is 1200. The number of amides is 1. The minimum atomic E-state index is -3.89. The molecule has 1 saturated carbocycles. The Hall–Kier alpha value is -2.50. The maximum Gasteiger partial charge on any atom is 0.263 e. The second kappa shape index (κ2) is 7.73. The van der Waals surface area contributed by atoms with E-state index in [0.717, 1.165) is 29.7 Å². The van der Waals surface area contributed by atoms with Gasteiger partial charge in [-0.1, -0.05) is 17.7 Å². The Labute approximate surface area is 177 Å². The van der Waals surface area contributed by atoms with Gasteiger partial charge in [0.25, 0.3) is 15.9 Å². The van der Waals surface area contributed by atoms with E-state index < -0.39 is 15.9 Å². The van der Waals surface area contributed by atoms with Crippen molar-refractivity contribution in [2.24, 2.45) is 0 Å². The number of benzene rings is 1. The number of aryl methyl sites for hydroxylation is 1. The predicted molar refractivity (Wildman–Crippen MR) is 113 cm³/mol. The van der Waals surface area contributed by atoms with Crippen molar-refractivity contribution in [2.75, 3.05) is 4.72 Å². The Balaban J connectivity index is 1.50. The summed E-state index contributed by atoms with van der Waals surface area (Å²) in [6, 6.07) is 8.73. The minimum absolute atomic E-state index is 0.0540. The maximum atomic E-state index is 12.8. The highest BCUT2D eigenvalue weighted by Gasteiger charge is 2.28. The first-order valence-electron chi connectivity index (χ1n) is 8.96.